The van der Waals surface area contributed by atoms with Crippen molar-refractivity contribution in [1.82, 2.24) is 5.32 Å². The normalized spacial score (nSPS) is 10.1. The molecule has 102 valence electrons. The van der Waals surface area contributed by atoms with Gasteiger partial charge in [0.05, 0.1) is 23.9 Å². The lowest BCUT2D eigenvalue weighted by atomic mass is 10.1. The highest BCUT2D eigenvalue weighted by Gasteiger charge is 2.06. The van der Waals surface area contributed by atoms with Crippen molar-refractivity contribution >= 4 is 11.6 Å². The Morgan fingerprint density at radius 3 is 2.79 bits per heavy atom. The lowest BCUT2D eigenvalue weighted by Crippen LogP contribution is -2.31. The first kappa shape index (κ1) is 15.0. The van der Waals surface area contributed by atoms with Crippen LogP contribution in [0.4, 0.5) is 10.1 Å². The average Bonchev–Trinajstić information content (AvgIpc) is 2.36. The summed E-state index contributed by atoms with van der Waals surface area (Å²) in [4.78, 5) is 11.5. The van der Waals surface area contributed by atoms with Crippen LogP contribution in [0.5, 0.6) is 0 Å². The number of rotatable bonds is 6. The fraction of sp³-hybridized carbons (Fsp3) is 0.429. The highest BCUT2D eigenvalue weighted by atomic mass is 19.1. The van der Waals surface area contributed by atoms with Crippen LogP contribution in [0.25, 0.3) is 0 Å². The van der Waals surface area contributed by atoms with Crippen LogP contribution in [0.2, 0.25) is 0 Å². The van der Waals surface area contributed by atoms with Crippen molar-refractivity contribution in [3.8, 4) is 6.07 Å². The number of nitrogens with zero attached hydrogens (tertiary/aromatic N) is 1. The van der Waals surface area contributed by atoms with Crippen molar-refractivity contribution in [2.45, 2.75) is 20.3 Å². The molecular formula is C14H18FN3O. The SMILES string of the molecule is CC(C)CCNC(=O)CNc1ccc(C#N)cc1F. The van der Waals surface area contributed by atoms with Gasteiger partial charge in [-0.3, -0.25) is 4.79 Å². The number of amides is 1. The molecule has 0 spiro atoms. The summed E-state index contributed by atoms with van der Waals surface area (Å²) in [5.74, 6) is -0.178. The van der Waals surface area contributed by atoms with E-state index in [4.69, 9.17) is 5.26 Å². The van der Waals surface area contributed by atoms with Crippen LogP contribution >= 0.6 is 0 Å². The second kappa shape index (κ2) is 7.37. The molecule has 0 aromatic heterocycles. The topological polar surface area (TPSA) is 64.9 Å². The summed E-state index contributed by atoms with van der Waals surface area (Å²) in [5.41, 5.74) is 0.474. The van der Waals surface area contributed by atoms with Gasteiger partial charge in [-0.15, -0.1) is 0 Å². The van der Waals surface area contributed by atoms with E-state index in [1.165, 1.54) is 12.1 Å². The van der Waals surface area contributed by atoms with Crippen molar-refractivity contribution in [2.75, 3.05) is 18.4 Å². The lowest BCUT2D eigenvalue weighted by molar-refractivity contribution is -0.119. The number of nitrogens with one attached hydrogen (secondary N) is 2. The fourth-order valence-electron chi connectivity index (χ4n) is 1.47. The number of carbonyl (C=O) groups is 1. The molecule has 0 atom stereocenters. The van der Waals surface area contributed by atoms with Crippen LogP contribution in [0, 0.1) is 23.1 Å². The van der Waals surface area contributed by atoms with E-state index in [2.05, 4.69) is 24.5 Å². The van der Waals surface area contributed by atoms with Crippen molar-refractivity contribution in [2.24, 2.45) is 5.92 Å². The van der Waals surface area contributed by atoms with Gasteiger partial charge in [0.25, 0.3) is 0 Å². The molecule has 0 aliphatic carbocycles. The monoisotopic (exact) mass is 263 g/mol. The van der Waals surface area contributed by atoms with E-state index in [0.717, 1.165) is 12.5 Å². The van der Waals surface area contributed by atoms with E-state index in [9.17, 15) is 9.18 Å². The highest BCUT2D eigenvalue weighted by molar-refractivity contribution is 5.80. The molecule has 4 nitrogen and oxygen atoms in total. The number of halogens is 1. The Kier molecular flexibility index (Phi) is 5.80. The zero-order valence-corrected chi connectivity index (χ0v) is 11.2. The molecule has 2 N–H and O–H groups in total. The minimum Gasteiger partial charge on any atom is -0.374 e. The molecule has 0 fully saturated rings. The van der Waals surface area contributed by atoms with Crippen LogP contribution in [-0.4, -0.2) is 19.0 Å². The molecule has 0 radical (unpaired) electrons. The molecule has 0 unspecified atom stereocenters. The van der Waals surface area contributed by atoms with E-state index < -0.39 is 5.82 Å². The molecule has 1 rings (SSSR count). The maximum absolute atomic E-state index is 13.5. The van der Waals surface area contributed by atoms with E-state index in [1.807, 2.05) is 6.07 Å². The maximum atomic E-state index is 13.5. The van der Waals surface area contributed by atoms with E-state index in [1.54, 1.807) is 0 Å². The van der Waals surface area contributed by atoms with Gasteiger partial charge >= 0.3 is 0 Å². The first-order valence-electron chi connectivity index (χ1n) is 6.23. The van der Waals surface area contributed by atoms with E-state index in [-0.39, 0.29) is 23.7 Å². The molecule has 0 heterocycles. The van der Waals surface area contributed by atoms with E-state index in [0.29, 0.717) is 12.5 Å². The van der Waals surface area contributed by atoms with Crippen LogP contribution in [0.15, 0.2) is 18.2 Å². The maximum Gasteiger partial charge on any atom is 0.239 e. The Bertz CT molecular complexity index is 480. The zero-order valence-electron chi connectivity index (χ0n) is 11.2. The summed E-state index contributed by atoms with van der Waals surface area (Å²) in [6.07, 6.45) is 0.914. The molecule has 5 heteroatoms. The van der Waals surface area contributed by atoms with Gasteiger partial charge in [0.1, 0.15) is 5.82 Å². The molecule has 1 amide bonds. The molecule has 0 aliphatic rings. The number of nitriles is 1. The zero-order chi connectivity index (χ0) is 14.3. The molecule has 19 heavy (non-hydrogen) atoms. The van der Waals surface area contributed by atoms with Crippen LogP contribution < -0.4 is 10.6 Å². The standard InChI is InChI=1S/C14H18FN3O/c1-10(2)5-6-17-14(19)9-18-13-4-3-11(8-16)7-12(13)15/h3-4,7,10,18H,5-6,9H2,1-2H3,(H,17,19). The molecule has 0 saturated carbocycles. The first-order chi connectivity index (χ1) is 9.02. The van der Waals surface area contributed by atoms with Gasteiger partial charge in [-0.05, 0) is 30.5 Å². The molecule has 0 saturated heterocycles. The van der Waals surface area contributed by atoms with Gasteiger partial charge in [0.15, 0.2) is 0 Å². The van der Waals surface area contributed by atoms with Crippen LogP contribution in [0.1, 0.15) is 25.8 Å². The third-order valence-corrected chi connectivity index (χ3v) is 2.58. The number of anilines is 1. The smallest absolute Gasteiger partial charge is 0.239 e. The fourth-order valence-corrected chi connectivity index (χ4v) is 1.47. The minimum absolute atomic E-state index is 0.0148. The Morgan fingerprint density at radius 2 is 2.21 bits per heavy atom. The van der Waals surface area contributed by atoms with Gasteiger partial charge in [0.2, 0.25) is 5.91 Å². The second-order valence-corrected chi connectivity index (χ2v) is 4.69. The summed E-state index contributed by atoms with van der Waals surface area (Å²) in [7, 11) is 0. The van der Waals surface area contributed by atoms with Crippen LogP contribution in [0.3, 0.4) is 0 Å². The van der Waals surface area contributed by atoms with E-state index >= 15 is 0 Å². The quantitative estimate of drug-likeness (QED) is 0.827. The number of hydrogen-bond donors (Lipinski definition) is 2. The van der Waals surface area contributed by atoms with Gasteiger partial charge < -0.3 is 10.6 Å². The summed E-state index contributed by atoms with van der Waals surface area (Å²) < 4.78 is 13.5. The van der Waals surface area contributed by atoms with Crippen molar-refractivity contribution < 1.29 is 9.18 Å². The lowest BCUT2D eigenvalue weighted by Gasteiger charge is -2.09. The highest BCUT2D eigenvalue weighted by Crippen LogP contribution is 2.14. The van der Waals surface area contributed by atoms with Crippen LogP contribution in [-0.2, 0) is 4.79 Å². The molecule has 1 aromatic rings. The van der Waals surface area contributed by atoms with Gasteiger partial charge in [-0.1, -0.05) is 13.8 Å². The molecule has 0 bridgehead atoms. The first-order valence-corrected chi connectivity index (χ1v) is 6.23. The number of hydrogen-bond acceptors (Lipinski definition) is 3. The predicted molar refractivity (Wildman–Crippen MR) is 72.1 cm³/mol. The summed E-state index contributed by atoms with van der Waals surface area (Å²) >= 11 is 0. The minimum atomic E-state index is -0.533. The Labute approximate surface area is 112 Å². The average molecular weight is 263 g/mol. The van der Waals surface area contributed by atoms with Crippen molar-refractivity contribution in [3.63, 3.8) is 0 Å². The number of carbonyl (C=O) groups excluding carboxylic acids is 1. The Balaban J connectivity index is 2.40. The van der Waals surface area contributed by atoms with Gasteiger partial charge in [0, 0.05) is 6.54 Å². The molecule has 1 aromatic carbocycles. The molecular weight excluding hydrogens is 245 g/mol. The molecule has 0 aliphatic heterocycles. The third kappa shape index (κ3) is 5.38. The predicted octanol–water partition coefficient (Wildman–Crippen LogP) is 2.27. The summed E-state index contributed by atoms with van der Waals surface area (Å²) in [5, 5.41) is 14.1. The third-order valence-electron chi connectivity index (χ3n) is 2.58. The summed E-state index contributed by atoms with van der Waals surface area (Å²) in [6.45, 7) is 4.79. The van der Waals surface area contributed by atoms with Crippen molar-refractivity contribution in [3.05, 3.63) is 29.6 Å². The Hall–Kier alpha value is -2.09. The van der Waals surface area contributed by atoms with Gasteiger partial charge in [-0.2, -0.15) is 5.26 Å². The second-order valence-electron chi connectivity index (χ2n) is 4.69. The Morgan fingerprint density at radius 1 is 1.47 bits per heavy atom. The number of benzene rings is 1. The summed E-state index contributed by atoms with van der Waals surface area (Å²) in [6, 6.07) is 5.94. The van der Waals surface area contributed by atoms with Gasteiger partial charge in [-0.25, -0.2) is 4.39 Å². The van der Waals surface area contributed by atoms with Crippen molar-refractivity contribution in [1.29, 1.82) is 5.26 Å². The largest absolute Gasteiger partial charge is 0.374 e.